The molecule has 5 nitrogen and oxygen atoms in total. The fourth-order valence-electron chi connectivity index (χ4n) is 2.39. The van der Waals surface area contributed by atoms with E-state index in [1.807, 2.05) is 17.6 Å². The van der Waals surface area contributed by atoms with Crippen LogP contribution in [-0.4, -0.2) is 37.4 Å². The molecular formula is C18H26N4OS2. The molecule has 2 aromatic rings. The van der Waals surface area contributed by atoms with Gasteiger partial charge < -0.3 is 15.4 Å². The van der Waals surface area contributed by atoms with Crippen molar-refractivity contribution < 1.29 is 4.74 Å². The van der Waals surface area contributed by atoms with E-state index in [2.05, 4.69) is 46.6 Å². The van der Waals surface area contributed by atoms with Gasteiger partial charge in [0.2, 0.25) is 0 Å². The van der Waals surface area contributed by atoms with Crippen LogP contribution in [0, 0.1) is 6.92 Å². The van der Waals surface area contributed by atoms with Gasteiger partial charge in [0.05, 0.1) is 13.2 Å². The van der Waals surface area contributed by atoms with Gasteiger partial charge in [0.1, 0.15) is 10.1 Å². The van der Waals surface area contributed by atoms with Gasteiger partial charge in [0, 0.05) is 36.5 Å². The molecule has 0 aliphatic carbocycles. The molecule has 1 aromatic heterocycles. The van der Waals surface area contributed by atoms with E-state index in [-0.39, 0.29) is 6.04 Å². The lowest BCUT2D eigenvalue weighted by atomic mass is 10.0. The van der Waals surface area contributed by atoms with Gasteiger partial charge in [-0.15, -0.1) is 11.3 Å². The number of aromatic nitrogens is 1. The summed E-state index contributed by atoms with van der Waals surface area (Å²) in [7, 11) is 3.49. The van der Waals surface area contributed by atoms with Crippen molar-refractivity contribution in [3.63, 3.8) is 0 Å². The number of hydrogen-bond donors (Lipinski definition) is 2. The number of ether oxygens (including phenoxy) is 1. The number of nitrogens with one attached hydrogen (secondary N) is 2. The van der Waals surface area contributed by atoms with E-state index in [4.69, 9.17) is 4.74 Å². The highest BCUT2D eigenvalue weighted by molar-refractivity contribution is 8.00. The van der Waals surface area contributed by atoms with Gasteiger partial charge in [-0.05, 0) is 26.3 Å². The van der Waals surface area contributed by atoms with Gasteiger partial charge in [-0.3, -0.25) is 4.99 Å². The van der Waals surface area contributed by atoms with Crippen molar-refractivity contribution in [2.24, 2.45) is 4.99 Å². The van der Waals surface area contributed by atoms with Gasteiger partial charge in [-0.1, -0.05) is 29.5 Å². The first kappa shape index (κ1) is 19.6. The molecule has 1 unspecified atom stereocenters. The maximum atomic E-state index is 5.48. The Morgan fingerprint density at radius 1 is 1.44 bits per heavy atom. The minimum absolute atomic E-state index is 0.103. The molecule has 25 heavy (non-hydrogen) atoms. The average molecular weight is 379 g/mol. The van der Waals surface area contributed by atoms with E-state index >= 15 is 0 Å². The lowest BCUT2D eigenvalue weighted by molar-refractivity contribution is 0.405. The monoisotopic (exact) mass is 378 g/mol. The summed E-state index contributed by atoms with van der Waals surface area (Å²) in [4.78, 5) is 8.59. The first-order chi connectivity index (χ1) is 12.1. The molecule has 136 valence electrons. The number of thioether (sulfide) groups is 1. The Labute approximate surface area is 158 Å². The lowest BCUT2D eigenvalue weighted by Gasteiger charge is -2.20. The largest absolute Gasteiger partial charge is 0.496 e. The maximum absolute atomic E-state index is 5.48. The summed E-state index contributed by atoms with van der Waals surface area (Å²) in [5.41, 5.74) is 2.34. The summed E-state index contributed by atoms with van der Waals surface area (Å²) in [5.74, 6) is 2.73. The predicted octanol–water partition coefficient (Wildman–Crippen LogP) is 3.87. The summed E-state index contributed by atoms with van der Waals surface area (Å²) < 4.78 is 6.60. The van der Waals surface area contributed by atoms with Crippen molar-refractivity contribution in [2.45, 2.75) is 30.6 Å². The third-order valence-corrected chi connectivity index (χ3v) is 5.73. The Balaban J connectivity index is 1.80. The van der Waals surface area contributed by atoms with E-state index in [0.29, 0.717) is 0 Å². The molecule has 1 atom stereocenters. The van der Waals surface area contributed by atoms with E-state index < -0.39 is 0 Å². The molecule has 0 radical (unpaired) electrons. The van der Waals surface area contributed by atoms with Crippen molar-refractivity contribution in [2.75, 3.05) is 26.5 Å². The summed E-state index contributed by atoms with van der Waals surface area (Å²) in [6.07, 6.45) is 2.89. The lowest BCUT2D eigenvalue weighted by Crippen LogP contribution is -2.39. The Bertz CT molecular complexity index is 674. The van der Waals surface area contributed by atoms with Crippen molar-refractivity contribution in [3.8, 4) is 5.75 Å². The topological polar surface area (TPSA) is 58.5 Å². The van der Waals surface area contributed by atoms with Crippen LogP contribution in [0.25, 0.3) is 0 Å². The minimum atomic E-state index is 0.103. The number of guanidine groups is 1. The fraction of sp³-hybridized carbons (Fsp3) is 0.444. The van der Waals surface area contributed by atoms with Crippen LogP contribution >= 0.6 is 23.1 Å². The Morgan fingerprint density at radius 2 is 2.28 bits per heavy atom. The Kier molecular flexibility index (Phi) is 8.08. The molecule has 0 saturated carbocycles. The van der Waals surface area contributed by atoms with Gasteiger partial charge in [0.25, 0.3) is 0 Å². The second-order valence-corrected chi connectivity index (χ2v) is 7.85. The zero-order chi connectivity index (χ0) is 18.1. The molecule has 1 aromatic carbocycles. The quantitative estimate of drug-likeness (QED) is 0.316. The summed E-state index contributed by atoms with van der Waals surface area (Å²) >= 11 is 3.48. The molecule has 2 N–H and O–H groups in total. The zero-order valence-electron chi connectivity index (χ0n) is 15.2. The number of hydrogen-bond acceptors (Lipinski definition) is 5. The third kappa shape index (κ3) is 6.25. The van der Waals surface area contributed by atoms with Gasteiger partial charge in [-0.25, -0.2) is 4.98 Å². The van der Waals surface area contributed by atoms with Crippen LogP contribution in [0.3, 0.4) is 0 Å². The molecule has 0 aliphatic rings. The Hall–Kier alpha value is -1.73. The van der Waals surface area contributed by atoms with Crippen LogP contribution in [0.5, 0.6) is 5.75 Å². The highest BCUT2D eigenvalue weighted by Crippen LogP contribution is 2.26. The van der Waals surface area contributed by atoms with E-state index in [1.165, 1.54) is 5.56 Å². The van der Waals surface area contributed by atoms with E-state index in [0.717, 1.165) is 40.3 Å². The zero-order valence-corrected chi connectivity index (χ0v) is 16.8. The van der Waals surface area contributed by atoms with Crippen LogP contribution in [0.2, 0.25) is 0 Å². The van der Waals surface area contributed by atoms with Gasteiger partial charge >= 0.3 is 0 Å². The van der Waals surface area contributed by atoms with Crippen molar-refractivity contribution in [3.05, 3.63) is 40.9 Å². The van der Waals surface area contributed by atoms with Crippen LogP contribution in [0.15, 0.2) is 39.1 Å². The molecule has 2 rings (SSSR count). The number of nitrogens with zero attached hydrogens (tertiary/aromatic N) is 2. The number of aryl methyl sites for hydroxylation is 1. The molecule has 0 saturated heterocycles. The van der Waals surface area contributed by atoms with Gasteiger partial charge in [-0.2, -0.15) is 0 Å². The smallest absolute Gasteiger partial charge is 0.191 e. The van der Waals surface area contributed by atoms with Crippen LogP contribution < -0.4 is 15.4 Å². The molecular weight excluding hydrogens is 352 g/mol. The summed E-state index contributed by atoms with van der Waals surface area (Å²) in [5, 5.41) is 8.81. The summed E-state index contributed by atoms with van der Waals surface area (Å²) in [6, 6.07) is 6.32. The second kappa shape index (κ2) is 10.3. The highest BCUT2D eigenvalue weighted by atomic mass is 32.2. The maximum Gasteiger partial charge on any atom is 0.191 e. The normalized spacial score (nSPS) is 12.7. The molecule has 1 heterocycles. The Morgan fingerprint density at radius 3 is 2.96 bits per heavy atom. The molecule has 0 aliphatic heterocycles. The minimum Gasteiger partial charge on any atom is -0.496 e. The molecule has 0 amide bonds. The van der Waals surface area contributed by atoms with Crippen LogP contribution in [0.1, 0.15) is 30.5 Å². The summed E-state index contributed by atoms with van der Waals surface area (Å²) in [6.45, 7) is 5.07. The second-order valence-electron chi connectivity index (χ2n) is 5.61. The van der Waals surface area contributed by atoms with Crippen molar-refractivity contribution in [1.29, 1.82) is 0 Å². The van der Waals surface area contributed by atoms with Gasteiger partial charge in [0.15, 0.2) is 5.96 Å². The highest BCUT2D eigenvalue weighted by Gasteiger charge is 2.13. The SMILES string of the molecule is CN=C(NCCCSc1nccs1)NC(C)c1cc(C)ccc1OC. The van der Waals surface area contributed by atoms with E-state index in [1.54, 1.807) is 37.3 Å². The number of benzene rings is 1. The van der Waals surface area contributed by atoms with Crippen LogP contribution in [-0.2, 0) is 0 Å². The molecule has 0 fully saturated rings. The first-order valence-electron chi connectivity index (χ1n) is 8.28. The number of thiazole rings is 1. The standard InChI is InChI=1S/C18H26N4OS2/c1-13-6-7-16(23-4)15(12-13)14(2)22-17(19-3)20-8-5-10-24-18-21-9-11-25-18/h6-7,9,11-12,14H,5,8,10H2,1-4H3,(H2,19,20,22). The molecule has 0 spiro atoms. The average Bonchev–Trinajstić information content (AvgIpc) is 3.13. The third-order valence-electron chi connectivity index (χ3n) is 3.68. The number of methoxy groups -OCH3 is 1. The first-order valence-corrected chi connectivity index (χ1v) is 10.1. The fourth-order valence-corrected chi connectivity index (χ4v) is 4.04. The number of aliphatic imine (C=N–C) groups is 1. The van der Waals surface area contributed by atoms with Crippen molar-refractivity contribution in [1.82, 2.24) is 15.6 Å². The van der Waals surface area contributed by atoms with E-state index in [9.17, 15) is 0 Å². The molecule has 0 bridgehead atoms. The molecule has 7 heteroatoms. The van der Waals surface area contributed by atoms with Crippen LogP contribution in [0.4, 0.5) is 0 Å². The number of rotatable bonds is 8. The predicted molar refractivity (Wildman–Crippen MR) is 108 cm³/mol. The van der Waals surface area contributed by atoms with Crippen molar-refractivity contribution >= 4 is 29.1 Å².